The van der Waals surface area contributed by atoms with Crippen LogP contribution in [-0.2, 0) is 19.1 Å². The van der Waals surface area contributed by atoms with Crippen LogP contribution in [0.5, 0.6) is 0 Å². The number of aliphatic carboxylic acids is 1. The predicted octanol–water partition coefficient (Wildman–Crippen LogP) is 1.29. The van der Waals surface area contributed by atoms with Gasteiger partial charge >= 0.3 is 11.9 Å². The molecule has 0 rings (SSSR count). The van der Waals surface area contributed by atoms with Crippen molar-refractivity contribution in [3.8, 4) is 0 Å². The lowest BCUT2D eigenvalue weighted by atomic mass is 10.0. The van der Waals surface area contributed by atoms with Crippen LogP contribution in [0, 0.1) is 5.92 Å². The summed E-state index contributed by atoms with van der Waals surface area (Å²) >= 11 is 0. The van der Waals surface area contributed by atoms with E-state index in [1.165, 1.54) is 12.0 Å². The Bertz CT molecular complexity index is 312. The second kappa shape index (κ2) is 9.35. The number of hydrogen-bond acceptors (Lipinski definition) is 4. The monoisotopic (exact) mass is 273 g/mol. The lowest BCUT2D eigenvalue weighted by molar-refractivity contribution is -0.148. The molecule has 0 unspecified atom stereocenters. The van der Waals surface area contributed by atoms with Gasteiger partial charge in [-0.15, -0.1) is 0 Å². The van der Waals surface area contributed by atoms with Crippen molar-refractivity contribution >= 4 is 17.8 Å². The van der Waals surface area contributed by atoms with Crippen LogP contribution < -0.4 is 0 Å². The average Bonchev–Trinajstić information content (AvgIpc) is 2.40. The van der Waals surface area contributed by atoms with E-state index < -0.39 is 11.9 Å². The van der Waals surface area contributed by atoms with Gasteiger partial charge in [-0.05, 0) is 5.92 Å². The molecule has 110 valence electrons. The Hall–Kier alpha value is -1.59. The number of carbonyl (C=O) groups excluding carboxylic acids is 2. The number of hydrogen-bond donors (Lipinski definition) is 1. The summed E-state index contributed by atoms with van der Waals surface area (Å²) in [5, 5.41) is 8.58. The highest BCUT2D eigenvalue weighted by Crippen LogP contribution is 2.11. The lowest BCUT2D eigenvalue weighted by Gasteiger charge is -2.25. The topological polar surface area (TPSA) is 83.9 Å². The number of nitrogens with zero attached hydrogens (tertiary/aromatic N) is 1. The summed E-state index contributed by atoms with van der Waals surface area (Å²) in [6, 6.07) is 0. The maximum Gasteiger partial charge on any atom is 0.325 e. The molecule has 0 saturated carbocycles. The standard InChI is InChI=1S/C13H23NO5/c1-4-10(5-2)8-14(9-13(18)19-3)11(15)6-7-12(16)17/h10H,4-9H2,1-3H3,(H,16,17). The molecular formula is C13H23NO5. The van der Waals surface area contributed by atoms with Gasteiger partial charge in [0.2, 0.25) is 5.91 Å². The highest BCUT2D eigenvalue weighted by atomic mass is 16.5. The molecule has 0 bridgehead atoms. The van der Waals surface area contributed by atoms with Crippen LogP contribution in [0.15, 0.2) is 0 Å². The summed E-state index contributed by atoms with van der Waals surface area (Å²) in [5.41, 5.74) is 0. The average molecular weight is 273 g/mol. The maximum atomic E-state index is 11.9. The molecule has 1 N–H and O–H groups in total. The molecule has 0 aromatic carbocycles. The first-order valence-electron chi connectivity index (χ1n) is 6.50. The highest BCUT2D eigenvalue weighted by molar-refractivity contribution is 5.84. The van der Waals surface area contributed by atoms with E-state index in [4.69, 9.17) is 5.11 Å². The summed E-state index contributed by atoms with van der Waals surface area (Å²) in [6.07, 6.45) is 1.49. The number of methoxy groups -OCH3 is 1. The molecule has 0 atom stereocenters. The largest absolute Gasteiger partial charge is 0.481 e. The highest BCUT2D eigenvalue weighted by Gasteiger charge is 2.20. The number of ether oxygens (including phenoxy) is 1. The molecular weight excluding hydrogens is 250 g/mol. The summed E-state index contributed by atoms with van der Waals surface area (Å²) in [5.74, 6) is -1.53. The van der Waals surface area contributed by atoms with E-state index in [9.17, 15) is 14.4 Å². The third-order valence-corrected chi connectivity index (χ3v) is 3.09. The smallest absolute Gasteiger partial charge is 0.325 e. The molecule has 0 spiro atoms. The first-order valence-corrected chi connectivity index (χ1v) is 6.50. The van der Waals surface area contributed by atoms with E-state index in [2.05, 4.69) is 4.74 Å². The molecule has 6 nitrogen and oxygen atoms in total. The molecule has 0 aromatic heterocycles. The first kappa shape index (κ1) is 17.4. The summed E-state index contributed by atoms with van der Waals surface area (Å²) in [7, 11) is 1.26. The molecule has 0 aliphatic carbocycles. The zero-order valence-electron chi connectivity index (χ0n) is 11.8. The van der Waals surface area contributed by atoms with E-state index in [1.807, 2.05) is 13.8 Å². The molecule has 0 heterocycles. The molecule has 0 aliphatic heterocycles. The zero-order valence-corrected chi connectivity index (χ0v) is 11.8. The van der Waals surface area contributed by atoms with Gasteiger partial charge in [-0.3, -0.25) is 14.4 Å². The molecule has 1 amide bonds. The first-order chi connectivity index (χ1) is 8.94. The second-order valence-corrected chi connectivity index (χ2v) is 4.43. The van der Waals surface area contributed by atoms with E-state index in [0.717, 1.165) is 12.8 Å². The fourth-order valence-corrected chi connectivity index (χ4v) is 1.71. The third-order valence-electron chi connectivity index (χ3n) is 3.09. The molecule has 6 heteroatoms. The van der Waals surface area contributed by atoms with Crippen LogP contribution in [-0.4, -0.2) is 48.1 Å². The van der Waals surface area contributed by atoms with Crippen LogP contribution in [0.1, 0.15) is 39.5 Å². The van der Waals surface area contributed by atoms with Gasteiger partial charge in [0.05, 0.1) is 13.5 Å². The normalized spacial score (nSPS) is 10.3. The molecule has 0 aliphatic rings. The predicted molar refractivity (Wildman–Crippen MR) is 69.5 cm³/mol. The molecule has 0 aromatic rings. The zero-order chi connectivity index (χ0) is 14.8. The van der Waals surface area contributed by atoms with Crippen molar-refractivity contribution in [2.45, 2.75) is 39.5 Å². The van der Waals surface area contributed by atoms with Crippen molar-refractivity contribution in [3.05, 3.63) is 0 Å². The van der Waals surface area contributed by atoms with Gasteiger partial charge in [0.25, 0.3) is 0 Å². The van der Waals surface area contributed by atoms with Gasteiger partial charge in [0.15, 0.2) is 0 Å². The lowest BCUT2D eigenvalue weighted by Crippen LogP contribution is -2.39. The Labute approximate surface area is 113 Å². The Balaban J connectivity index is 4.59. The van der Waals surface area contributed by atoms with Gasteiger partial charge in [0, 0.05) is 13.0 Å². The van der Waals surface area contributed by atoms with E-state index in [1.54, 1.807) is 0 Å². The van der Waals surface area contributed by atoms with E-state index >= 15 is 0 Å². The summed E-state index contributed by atoms with van der Waals surface area (Å²) < 4.78 is 4.56. The Kier molecular flexibility index (Phi) is 8.57. The number of esters is 1. The molecule has 0 saturated heterocycles. The minimum Gasteiger partial charge on any atom is -0.481 e. The number of carboxylic acids is 1. The number of rotatable bonds is 9. The van der Waals surface area contributed by atoms with Crippen LogP contribution in [0.25, 0.3) is 0 Å². The van der Waals surface area contributed by atoms with Crippen molar-refractivity contribution in [2.24, 2.45) is 5.92 Å². The van der Waals surface area contributed by atoms with E-state index in [-0.39, 0.29) is 25.3 Å². The fourth-order valence-electron chi connectivity index (χ4n) is 1.71. The maximum absolute atomic E-state index is 11.9. The number of carbonyl (C=O) groups is 3. The molecule has 0 fully saturated rings. The number of carboxylic acid groups (broad SMARTS) is 1. The Morgan fingerprint density at radius 1 is 1.16 bits per heavy atom. The van der Waals surface area contributed by atoms with Gasteiger partial charge in [-0.25, -0.2) is 0 Å². The molecule has 19 heavy (non-hydrogen) atoms. The van der Waals surface area contributed by atoms with Crippen molar-refractivity contribution in [3.63, 3.8) is 0 Å². The van der Waals surface area contributed by atoms with Crippen LogP contribution >= 0.6 is 0 Å². The Morgan fingerprint density at radius 2 is 1.74 bits per heavy atom. The van der Waals surface area contributed by atoms with Crippen molar-refractivity contribution in [1.82, 2.24) is 4.90 Å². The van der Waals surface area contributed by atoms with Crippen LogP contribution in [0.2, 0.25) is 0 Å². The number of amides is 1. The summed E-state index contributed by atoms with van der Waals surface area (Å²) in [6.45, 7) is 4.38. The second-order valence-electron chi connectivity index (χ2n) is 4.43. The quantitative estimate of drug-likeness (QED) is 0.640. The van der Waals surface area contributed by atoms with Crippen LogP contribution in [0.4, 0.5) is 0 Å². The van der Waals surface area contributed by atoms with Gasteiger partial charge < -0.3 is 14.7 Å². The van der Waals surface area contributed by atoms with Crippen molar-refractivity contribution in [2.75, 3.05) is 20.2 Å². The Morgan fingerprint density at radius 3 is 2.16 bits per heavy atom. The SMILES string of the molecule is CCC(CC)CN(CC(=O)OC)C(=O)CCC(=O)O. The van der Waals surface area contributed by atoms with Gasteiger partial charge in [-0.2, -0.15) is 0 Å². The van der Waals surface area contributed by atoms with Crippen molar-refractivity contribution < 1.29 is 24.2 Å². The van der Waals surface area contributed by atoms with E-state index in [0.29, 0.717) is 12.5 Å². The minimum atomic E-state index is -1.02. The third kappa shape index (κ3) is 7.43. The fraction of sp³-hybridized carbons (Fsp3) is 0.769. The van der Waals surface area contributed by atoms with Gasteiger partial charge in [-0.1, -0.05) is 26.7 Å². The molecule has 0 radical (unpaired) electrons. The van der Waals surface area contributed by atoms with Gasteiger partial charge in [0.1, 0.15) is 6.54 Å². The summed E-state index contributed by atoms with van der Waals surface area (Å²) in [4.78, 5) is 35.1. The van der Waals surface area contributed by atoms with Crippen molar-refractivity contribution in [1.29, 1.82) is 0 Å². The van der Waals surface area contributed by atoms with Crippen LogP contribution in [0.3, 0.4) is 0 Å². The minimum absolute atomic E-state index is 0.0908.